The lowest BCUT2D eigenvalue weighted by molar-refractivity contribution is 0.308. The predicted molar refractivity (Wildman–Crippen MR) is 90.8 cm³/mol. The molecule has 6 heteroatoms. The third kappa shape index (κ3) is 4.66. The van der Waals surface area contributed by atoms with Crippen molar-refractivity contribution in [3.05, 3.63) is 29.6 Å². The molecule has 2 N–H and O–H groups in total. The van der Waals surface area contributed by atoms with E-state index in [-0.39, 0.29) is 5.75 Å². The van der Waals surface area contributed by atoms with Gasteiger partial charge >= 0.3 is 0 Å². The van der Waals surface area contributed by atoms with Crippen molar-refractivity contribution < 1.29 is 9.13 Å². The van der Waals surface area contributed by atoms with Crippen LogP contribution in [0.2, 0.25) is 0 Å². The lowest BCUT2D eigenvalue weighted by Crippen LogP contribution is -2.44. The van der Waals surface area contributed by atoms with Crippen LogP contribution in [0.25, 0.3) is 0 Å². The van der Waals surface area contributed by atoms with Gasteiger partial charge in [0.2, 0.25) is 0 Å². The summed E-state index contributed by atoms with van der Waals surface area (Å²) in [6.07, 6.45) is 6.42. The first-order valence-electron chi connectivity index (χ1n) is 7.53. The van der Waals surface area contributed by atoms with E-state index in [0.717, 1.165) is 6.42 Å². The fourth-order valence-corrected chi connectivity index (χ4v) is 2.86. The van der Waals surface area contributed by atoms with Crippen molar-refractivity contribution in [3.8, 4) is 5.75 Å². The van der Waals surface area contributed by atoms with E-state index in [0.29, 0.717) is 22.6 Å². The Hall–Kier alpha value is -1.69. The van der Waals surface area contributed by atoms with E-state index >= 15 is 0 Å². The number of methoxy groups -OCH3 is 1. The van der Waals surface area contributed by atoms with Crippen LogP contribution in [0.4, 0.5) is 4.39 Å². The second-order valence-corrected chi connectivity index (χ2v) is 6.01. The third-order valence-corrected chi connectivity index (χ3v) is 4.19. The molecule has 0 spiro atoms. The standard InChI is InChI=1S/C16H22FN3OS/c1-11-5-3-4-6-14(11)19-16(22)20-18-10-12-7-8-15(21-2)13(17)9-12/h7-11,14H,3-6H2,1-2H3,(H2,19,20,22)/b18-10-/t11-,14-/m0/s1. The number of halogens is 1. The molecule has 0 heterocycles. The first-order chi connectivity index (χ1) is 10.6. The van der Waals surface area contributed by atoms with Crippen LogP contribution in [0.15, 0.2) is 23.3 Å². The van der Waals surface area contributed by atoms with Gasteiger partial charge in [0, 0.05) is 6.04 Å². The Morgan fingerprint density at radius 2 is 2.18 bits per heavy atom. The Bertz CT molecular complexity index is 550. The van der Waals surface area contributed by atoms with Gasteiger partial charge in [-0.05, 0) is 54.7 Å². The first-order valence-corrected chi connectivity index (χ1v) is 7.94. The number of hydrogen-bond donors (Lipinski definition) is 2. The highest BCUT2D eigenvalue weighted by Gasteiger charge is 2.21. The minimum absolute atomic E-state index is 0.216. The molecule has 2 rings (SSSR count). The molecule has 2 atom stereocenters. The van der Waals surface area contributed by atoms with Crippen molar-refractivity contribution >= 4 is 23.5 Å². The normalized spacial score (nSPS) is 21.6. The van der Waals surface area contributed by atoms with Crippen molar-refractivity contribution in [2.45, 2.75) is 38.6 Å². The Labute approximate surface area is 136 Å². The highest BCUT2D eigenvalue weighted by atomic mass is 32.1. The molecule has 0 aromatic heterocycles. The number of thiocarbonyl (C=S) groups is 1. The van der Waals surface area contributed by atoms with E-state index in [4.69, 9.17) is 17.0 Å². The minimum Gasteiger partial charge on any atom is -0.494 e. The highest BCUT2D eigenvalue weighted by molar-refractivity contribution is 7.80. The van der Waals surface area contributed by atoms with E-state index < -0.39 is 5.82 Å². The van der Waals surface area contributed by atoms with E-state index in [1.807, 2.05) is 0 Å². The molecule has 0 saturated heterocycles. The molecule has 120 valence electrons. The van der Waals surface area contributed by atoms with E-state index in [2.05, 4.69) is 22.8 Å². The molecule has 1 aromatic rings. The molecular weight excluding hydrogens is 301 g/mol. The summed E-state index contributed by atoms with van der Waals surface area (Å²) in [7, 11) is 1.43. The van der Waals surface area contributed by atoms with Crippen molar-refractivity contribution in [3.63, 3.8) is 0 Å². The second kappa shape index (κ2) is 8.08. The topological polar surface area (TPSA) is 45.6 Å². The summed E-state index contributed by atoms with van der Waals surface area (Å²) in [5, 5.41) is 7.84. The van der Waals surface area contributed by atoms with Crippen LogP contribution in [0.5, 0.6) is 5.75 Å². The highest BCUT2D eigenvalue weighted by Crippen LogP contribution is 2.23. The maximum atomic E-state index is 13.5. The molecule has 0 bridgehead atoms. The molecule has 0 aliphatic heterocycles. The van der Waals surface area contributed by atoms with E-state index in [9.17, 15) is 4.39 Å². The first kappa shape index (κ1) is 16.7. The SMILES string of the molecule is COc1ccc(/C=N\NC(=S)N[C@H]2CCCC[C@@H]2C)cc1F. The molecule has 0 radical (unpaired) electrons. The summed E-state index contributed by atoms with van der Waals surface area (Å²) in [5.74, 6) is 0.421. The van der Waals surface area contributed by atoms with Gasteiger partial charge in [0.15, 0.2) is 16.7 Å². The van der Waals surface area contributed by atoms with Crippen molar-refractivity contribution in [1.82, 2.24) is 10.7 Å². The van der Waals surface area contributed by atoms with Crippen molar-refractivity contribution in [2.24, 2.45) is 11.0 Å². The predicted octanol–water partition coefficient (Wildman–Crippen LogP) is 3.21. The fraction of sp³-hybridized carbons (Fsp3) is 0.500. The molecule has 1 saturated carbocycles. The zero-order valence-corrected chi connectivity index (χ0v) is 13.8. The van der Waals surface area contributed by atoms with Crippen molar-refractivity contribution in [1.29, 1.82) is 0 Å². The Morgan fingerprint density at radius 3 is 2.86 bits per heavy atom. The molecule has 1 aliphatic rings. The minimum atomic E-state index is -0.414. The van der Waals surface area contributed by atoms with Crippen LogP contribution in [-0.4, -0.2) is 24.5 Å². The summed E-state index contributed by atoms with van der Waals surface area (Å²) in [6, 6.07) is 5.07. The van der Waals surface area contributed by atoms with Crippen LogP contribution in [0.3, 0.4) is 0 Å². The van der Waals surface area contributed by atoms with Crippen LogP contribution in [-0.2, 0) is 0 Å². The molecule has 22 heavy (non-hydrogen) atoms. The Balaban J connectivity index is 1.83. The molecule has 1 aromatic carbocycles. The Morgan fingerprint density at radius 1 is 1.41 bits per heavy atom. The van der Waals surface area contributed by atoms with Gasteiger partial charge in [0.05, 0.1) is 13.3 Å². The number of rotatable bonds is 4. The number of ether oxygens (including phenoxy) is 1. The number of hydrogen-bond acceptors (Lipinski definition) is 3. The summed E-state index contributed by atoms with van der Waals surface area (Å²) in [5.41, 5.74) is 3.42. The van der Waals surface area contributed by atoms with Crippen LogP contribution < -0.4 is 15.5 Å². The number of nitrogens with zero attached hydrogens (tertiary/aromatic N) is 1. The lowest BCUT2D eigenvalue weighted by atomic mass is 9.86. The average molecular weight is 323 g/mol. The van der Waals surface area contributed by atoms with Gasteiger partial charge in [-0.3, -0.25) is 5.43 Å². The van der Waals surface area contributed by atoms with Gasteiger partial charge in [0.1, 0.15) is 0 Å². The van der Waals surface area contributed by atoms with E-state index in [1.165, 1.54) is 38.7 Å². The second-order valence-electron chi connectivity index (χ2n) is 5.61. The largest absolute Gasteiger partial charge is 0.494 e. The summed E-state index contributed by atoms with van der Waals surface area (Å²) < 4.78 is 18.4. The van der Waals surface area contributed by atoms with Crippen LogP contribution >= 0.6 is 12.2 Å². The number of benzene rings is 1. The van der Waals surface area contributed by atoms with Crippen molar-refractivity contribution in [2.75, 3.05) is 7.11 Å². The molecule has 1 aliphatic carbocycles. The quantitative estimate of drug-likeness (QED) is 0.507. The number of nitrogens with one attached hydrogen (secondary N) is 2. The third-order valence-electron chi connectivity index (χ3n) is 3.98. The van der Waals surface area contributed by atoms with Gasteiger partial charge in [-0.25, -0.2) is 4.39 Å². The van der Waals surface area contributed by atoms with Gasteiger partial charge in [-0.15, -0.1) is 0 Å². The average Bonchev–Trinajstić information content (AvgIpc) is 2.50. The van der Waals surface area contributed by atoms with Crippen LogP contribution in [0.1, 0.15) is 38.2 Å². The van der Waals surface area contributed by atoms with Gasteiger partial charge in [0.25, 0.3) is 0 Å². The molecule has 0 unspecified atom stereocenters. The summed E-state index contributed by atoms with van der Waals surface area (Å²) in [4.78, 5) is 0. The molecule has 1 fully saturated rings. The van der Waals surface area contributed by atoms with Crippen LogP contribution in [0, 0.1) is 11.7 Å². The van der Waals surface area contributed by atoms with Gasteiger partial charge < -0.3 is 10.1 Å². The lowest BCUT2D eigenvalue weighted by Gasteiger charge is -2.30. The smallest absolute Gasteiger partial charge is 0.187 e. The Kier molecular flexibility index (Phi) is 6.12. The zero-order chi connectivity index (χ0) is 15.9. The molecule has 4 nitrogen and oxygen atoms in total. The monoisotopic (exact) mass is 323 g/mol. The van der Waals surface area contributed by atoms with E-state index in [1.54, 1.807) is 12.1 Å². The van der Waals surface area contributed by atoms with Gasteiger partial charge in [-0.1, -0.05) is 19.8 Å². The maximum Gasteiger partial charge on any atom is 0.187 e. The molecular formula is C16H22FN3OS. The maximum absolute atomic E-state index is 13.5. The van der Waals surface area contributed by atoms with Gasteiger partial charge in [-0.2, -0.15) is 5.10 Å². The zero-order valence-electron chi connectivity index (χ0n) is 12.9. The fourth-order valence-electron chi connectivity index (χ4n) is 2.66. The number of hydrazone groups is 1. The summed E-state index contributed by atoms with van der Waals surface area (Å²) in [6.45, 7) is 2.24. The molecule has 0 amide bonds. The summed E-state index contributed by atoms with van der Waals surface area (Å²) >= 11 is 5.24.